The lowest BCUT2D eigenvalue weighted by atomic mass is 10.1. The van der Waals surface area contributed by atoms with Gasteiger partial charge in [0.2, 0.25) is 0 Å². The second-order valence-electron chi connectivity index (χ2n) is 5.18. The highest BCUT2D eigenvalue weighted by Gasteiger charge is 2.13. The topological polar surface area (TPSA) is 108 Å². The minimum absolute atomic E-state index is 0.0224. The molecule has 2 rings (SSSR count). The molecule has 0 heterocycles. The molecule has 2 aromatic carbocycles. The maximum absolute atomic E-state index is 12.1. The predicted octanol–water partition coefficient (Wildman–Crippen LogP) is 0.228. The van der Waals surface area contributed by atoms with Crippen LogP contribution < -0.4 is 19.9 Å². The molecule has 0 aliphatic rings. The van der Waals surface area contributed by atoms with Crippen molar-refractivity contribution in [3.05, 3.63) is 59.7 Å². The van der Waals surface area contributed by atoms with Crippen LogP contribution in [0.15, 0.2) is 48.5 Å². The van der Waals surface area contributed by atoms with Gasteiger partial charge >= 0.3 is 0 Å². The van der Waals surface area contributed by atoms with Gasteiger partial charge in [0.25, 0.3) is 5.91 Å². The number of amides is 1. The third-order valence-corrected chi connectivity index (χ3v) is 3.39. The zero-order chi connectivity index (χ0) is 18.2. The summed E-state index contributed by atoms with van der Waals surface area (Å²) in [5.74, 6) is -0.808. The Morgan fingerprint density at radius 3 is 2.28 bits per heavy atom. The fourth-order valence-electron chi connectivity index (χ4n) is 2.09. The van der Waals surface area contributed by atoms with E-state index in [2.05, 4.69) is 5.32 Å². The van der Waals surface area contributed by atoms with Crippen molar-refractivity contribution in [1.29, 1.82) is 0 Å². The van der Waals surface area contributed by atoms with Crippen LogP contribution in [0.4, 0.5) is 0 Å². The summed E-state index contributed by atoms with van der Waals surface area (Å²) in [5, 5.41) is 23.4. The molecule has 0 fully saturated rings. The van der Waals surface area contributed by atoms with Gasteiger partial charge in [0, 0.05) is 17.7 Å². The van der Waals surface area contributed by atoms with Crippen molar-refractivity contribution in [3.8, 4) is 11.5 Å². The van der Waals surface area contributed by atoms with Crippen LogP contribution in [0.3, 0.4) is 0 Å². The number of hydrogen-bond donors (Lipinski definition) is 2. The largest absolute Gasteiger partial charge is 0.545 e. The Hall–Kier alpha value is -3.06. The molecule has 1 atom stereocenters. The molecule has 0 spiro atoms. The van der Waals surface area contributed by atoms with Gasteiger partial charge in [-0.25, -0.2) is 0 Å². The number of aromatic carboxylic acids is 1. The summed E-state index contributed by atoms with van der Waals surface area (Å²) in [6.45, 7) is -0.120. The highest BCUT2D eigenvalue weighted by molar-refractivity contribution is 6.04. The van der Waals surface area contributed by atoms with Gasteiger partial charge in [-0.3, -0.25) is 4.79 Å². The molecule has 0 aliphatic heterocycles. The molecule has 0 saturated carbocycles. The number of methoxy groups -OCH3 is 1. The molecule has 25 heavy (non-hydrogen) atoms. The number of carbonyl (C=O) groups excluding carboxylic acids is 2. The minimum Gasteiger partial charge on any atom is -0.545 e. The second kappa shape index (κ2) is 8.70. The van der Waals surface area contributed by atoms with E-state index in [0.717, 1.165) is 0 Å². The molecule has 2 N–H and O–H groups in total. The Morgan fingerprint density at radius 2 is 1.68 bits per heavy atom. The van der Waals surface area contributed by atoms with E-state index in [9.17, 15) is 19.8 Å². The SMILES string of the molecule is COc1ccc(OCC(O)CNC(=O)c2ccccc2C(=O)[O-])cc1. The van der Waals surface area contributed by atoms with Crippen LogP contribution in [-0.4, -0.2) is 43.3 Å². The molecule has 132 valence electrons. The van der Waals surface area contributed by atoms with Gasteiger partial charge in [0.15, 0.2) is 0 Å². The highest BCUT2D eigenvalue weighted by atomic mass is 16.5. The molecule has 1 amide bonds. The number of benzene rings is 2. The van der Waals surface area contributed by atoms with E-state index in [1.165, 1.54) is 18.2 Å². The first-order valence-corrected chi connectivity index (χ1v) is 7.54. The number of hydrogen-bond acceptors (Lipinski definition) is 6. The Morgan fingerprint density at radius 1 is 1.08 bits per heavy atom. The molecule has 7 heteroatoms. The van der Waals surface area contributed by atoms with Crippen molar-refractivity contribution >= 4 is 11.9 Å². The zero-order valence-electron chi connectivity index (χ0n) is 13.6. The number of aliphatic hydroxyl groups is 1. The van der Waals surface area contributed by atoms with E-state index in [1.54, 1.807) is 37.4 Å². The number of carbonyl (C=O) groups is 2. The van der Waals surface area contributed by atoms with E-state index in [1.807, 2.05) is 0 Å². The number of ether oxygens (including phenoxy) is 2. The number of carboxylic acids is 1. The summed E-state index contributed by atoms with van der Waals surface area (Å²) in [5.41, 5.74) is -0.227. The summed E-state index contributed by atoms with van der Waals surface area (Å²) in [7, 11) is 1.56. The number of aliphatic hydroxyl groups excluding tert-OH is 1. The summed E-state index contributed by atoms with van der Waals surface area (Å²) in [6.07, 6.45) is -0.957. The molecule has 0 radical (unpaired) electrons. The lowest BCUT2D eigenvalue weighted by molar-refractivity contribution is -0.255. The molecule has 0 saturated heterocycles. The van der Waals surface area contributed by atoms with E-state index in [-0.39, 0.29) is 24.3 Å². The van der Waals surface area contributed by atoms with Crippen molar-refractivity contribution < 1.29 is 29.3 Å². The Balaban J connectivity index is 1.84. The molecule has 7 nitrogen and oxygen atoms in total. The predicted molar refractivity (Wildman–Crippen MR) is 87.6 cm³/mol. The minimum atomic E-state index is -1.44. The summed E-state index contributed by atoms with van der Waals surface area (Å²) in [6, 6.07) is 12.5. The first kappa shape index (κ1) is 18.3. The van der Waals surface area contributed by atoms with Gasteiger partial charge in [-0.15, -0.1) is 0 Å². The number of nitrogens with one attached hydrogen (secondary N) is 1. The standard InChI is InChI=1S/C18H19NO6/c1-24-13-6-8-14(9-7-13)25-11-12(20)10-19-17(21)15-4-2-3-5-16(15)18(22)23/h2-9,12,20H,10-11H2,1H3,(H,19,21)(H,22,23)/p-1. The first-order chi connectivity index (χ1) is 12.0. The van der Waals surface area contributed by atoms with Crippen molar-refractivity contribution in [1.82, 2.24) is 5.32 Å². The Bertz CT molecular complexity index is 729. The Labute approximate surface area is 144 Å². The molecule has 2 aromatic rings. The lowest BCUT2D eigenvalue weighted by Gasteiger charge is -2.15. The molecular weight excluding hydrogens is 326 g/mol. The fourth-order valence-corrected chi connectivity index (χ4v) is 2.09. The van der Waals surface area contributed by atoms with Crippen molar-refractivity contribution in [2.75, 3.05) is 20.3 Å². The van der Waals surface area contributed by atoms with Gasteiger partial charge < -0.3 is 29.8 Å². The number of rotatable bonds is 8. The van der Waals surface area contributed by atoms with E-state index in [4.69, 9.17) is 9.47 Å². The van der Waals surface area contributed by atoms with Crippen LogP contribution in [0.2, 0.25) is 0 Å². The van der Waals surface area contributed by atoms with Gasteiger partial charge in [-0.1, -0.05) is 18.2 Å². The molecule has 0 aromatic heterocycles. The van der Waals surface area contributed by atoms with Crippen LogP contribution in [0.1, 0.15) is 20.7 Å². The maximum atomic E-state index is 12.1. The summed E-state index contributed by atoms with van der Waals surface area (Å²) in [4.78, 5) is 23.1. The second-order valence-corrected chi connectivity index (χ2v) is 5.18. The number of carboxylic acid groups (broad SMARTS) is 1. The third-order valence-electron chi connectivity index (χ3n) is 3.39. The summed E-state index contributed by atoms with van der Waals surface area (Å²) < 4.78 is 10.4. The average molecular weight is 344 g/mol. The van der Waals surface area contributed by atoms with Crippen LogP contribution >= 0.6 is 0 Å². The molecule has 1 unspecified atom stereocenters. The van der Waals surface area contributed by atoms with Crippen LogP contribution in [0.25, 0.3) is 0 Å². The van der Waals surface area contributed by atoms with E-state index in [0.29, 0.717) is 11.5 Å². The monoisotopic (exact) mass is 344 g/mol. The van der Waals surface area contributed by atoms with Crippen molar-refractivity contribution in [2.24, 2.45) is 0 Å². The normalized spacial score (nSPS) is 11.4. The first-order valence-electron chi connectivity index (χ1n) is 7.54. The third kappa shape index (κ3) is 5.22. The molecular formula is C18H18NO6-. The van der Waals surface area contributed by atoms with E-state index >= 15 is 0 Å². The van der Waals surface area contributed by atoms with Gasteiger partial charge in [-0.2, -0.15) is 0 Å². The fraction of sp³-hybridized carbons (Fsp3) is 0.222. The van der Waals surface area contributed by atoms with Gasteiger partial charge in [0.1, 0.15) is 24.2 Å². The quantitative estimate of drug-likeness (QED) is 0.710. The summed E-state index contributed by atoms with van der Waals surface area (Å²) >= 11 is 0. The van der Waals surface area contributed by atoms with E-state index < -0.39 is 18.0 Å². The van der Waals surface area contributed by atoms with Gasteiger partial charge in [-0.05, 0) is 30.3 Å². The Kier molecular flexibility index (Phi) is 6.36. The maximum Gasteiger partial charge on any atom is 0.252 e. The zero-order valence-corrected chi connectivity index (χ0v) is 13.6. The van der Waals surface area contributed by atoms with Crippen molar-refractivity contribution in [3.63, 3.8) is 0 Å². The molecule has 0 aliphatic carbocycles. The highest BCUT2D eigenvalue weighted by Crippen LogP contribution is 2.17. The van der Waals surface area contributed by atoms with Crippen molar-refractivity contribution in [2.45, 2.75) is 6.10 Å². The molecule has 0 bridgehead atoms. The van der Waals surface area contributed by atoms with Gasteiger partial charge in [0.05, 0.1) is 13.1 Å². The van der Waals surface area contributed by atoms with Crippen LogP contribution in [0.5, 0.6) is 11.5 Å². The average Bonchev–Trinajstić information content (AvgIpc) is 2.64. The van der Waals surface area contributed by atoms with Crippen LogP contribution in [-0.2, 0) is 0 Å². The van der Waals surface area contributed by atoms with Crippen LogP contribution in [0, 0.1) is 0 Å². The lowest BCUT2D eigenvalue weighted by Crippen LogP contribution is -2.36. The smallest absolute Gasteiger partial charge is 0.252 e.